The Morgan fingerprint density at radius 2 is 1.93 bits per heavy atom. The summed E-state index contributed by atoms with van der Waals surface area (Å²) in [5.41, 5.74) is 1.07. The van der Waals surface area contributed by atoms with Crippen molar-refractivity contribution < 1.29 is 4.79 Å². The number of amides is 1. The summed E-state index contributed by atoms with van der Waals surface area (Å²) < 4.78 is 1.28. The highest BCUT2D eigenvalue weighted by molar-refractivity contribution is 6.05. The highest BCUT2D eigenvalue weighted by Crippen LogP contribution is 2.43. The summed E-state index contributed by atoms with van der Waals surface area (Å²) in [4.78, 5) is 47.1. The van der Waals surface area contributed by atoms with Crippen molar-refractivity contribution in [2.24, 2.45) is 18.9 Å². The van der Waals surface area contributed by atoms with Gasteiger partial charge in [-0.25, -0.2) is 9.78 Å². The number of fused-ring (bicyclic) bond motifs is 2. The fourth-order valence-corrected chi connectivity index (χ4v) is 4.99. The number of carbonyl (C=O) groups is 1. The molecule has 2 aliphatic rings. The number of hydrogen-bond acceptors (Lipinski definition) is 5. The zero-order valence-corrected chi connectivity index (χ0v) is 16.9. The van der Waals surface area contributed by atoms with Crippen molar-refractivity contribution in [1.29, 1.82) is 0 Å². The van der Waals surface area contributed by atoms with E-state index in [4.69, 9.17) is 0 Å². The average Bonchev–Trinajstić information content (AvgIpc) is 3.32. The number of aryl methyl sites for hydroxylation is 2. The summed E-state index contributed by atoms with van der Waals surface area (Å²) >= 11 is 0. The number of aromatic nitrogens is 3. The summed E-state index contributed by atoms with van der Waals surface area (Å²) in [6.07, 6.45) is 0. The van der Waals surface area contributed by atoms with E-state index in [1.807, 2.05) is 23.1 Å². The number of likely N-dealkylation sites (tertiary alicyclic amines) is 1. The third-order valence-electron chi connectivity index (χ3n) is 6.40. The first-order valence-corrected chi connectivity index (χ1v) is 10.1. The number of pyridine rings is 1. The topological polar surface area (TPSA) is 100 Å². The summed E-state index contributed by atoms with van der Waals surface area (Å²) in [5, 5.41) is 3.61. The third-order valence-corrected chi connectivity index (χ3v) is 6.40. The van der Waals surface area contributed by atoms with Gasteiger partial charge in [-0.05, 0) is 24.5 Å². The number of carbonyl (C=O) groups excluding carboxylic acids is 1. The van der Waals surface area contributed by atoms with E-state index in [0.717, 1.165) is 18.7 Å². The molecule has 0 bridgehead atoms. The van der Waals surface area contributed by atoms with Crippen LogP contribution in [0.1, 0.15) is 27.7 Å². The Bertz CT molecular complexity index is 1260. The van der Waals surface area contributed by atoms with Gasteiger partial charge in [-0.15, -0.1) is 0 Å². The van der Waals surface area contributed by atoms with Crippen LogP contribution in [0.2, 0.25) is 0 Å². The zero-order chi connectivity index (χ0) is 21.0. The Balaban J connectivity index is 1.67. The van der Waals surface area contributed by atoms with Crippen molar-refractivity contribution in [3.63, 3.8) is 0 Å². The molecule has 1 amide bonds. The number of hydrogen-bond donors (Lipinski definition) is 2. The maximum absolute atomic E-state index is 13.8. The Labute approximate surface area is 172 Å². The van der Waals surface area contributed by atoms with Crippen molar-refractivity contribution >= 4 is 16.9 Å². The van der Waals surface area contributed by atoms with Crippen LogP contribution in [0.25, 0.3) is 11.0 Å². The first kappa shape index (κ1) is 18.7. The van der Waals surface area contributed by atoms with Crippen molar-refractivity contribution in [2.45, 2.75) is 13.0 Å². The molecule has 154 valence electrons. The van der Waals surface area contributed by atoms with Crippen LogP contribution in [0, 0.1) is 18.8 Å². The second kappa shape index (κ2) is 6.91. The summed E-state index contributed by atoms with van der Waals surface area (Å²) in [7, 11) is 1.54. The van der Waals surface area contributed by atoms with Crippen LogP contribution in [0.4, 0.5) is 0 Å². The molecule has 0 aliphatic carbocycles. The van der Waals surface area contributed by atoms with Gasteiger partial charge in [-0.2, -0.15) is 0 Å². The Hall–Kier alpha value is -3.26. The molecular formula is C22H23N5O3. The van der Waals surface area contributed by atoms with E-state index in [1.54, 1.807) is 20.0 Å². The minimum Gasteiger partial charge on any atom is -0.331 e. The van der Waals surface area contributed by atoms with Crippen molar-refractivity contribution in [3.05, 3.63) is 74.1 Å². The Morgan fingerprint density at radius 3 is 2.70 bits per heavy atom. The van der Waals surface area contributed by atoms with Crippen LogP contribution in [-0.4, -0.2) is 45.0 Å². The highest BCUT2D eigenvalue weighted by atomic mass is 16.2. The van der Waals surface area contributed by atoms with Gasteiger partial charge in [0.05, 0.1) is 17.0 Å². The molecule has 3 aromatic rings. The lowest BCUT2D eigenvalue weighted by atomic mass is 9.89. The number of H-pyrrole nitrogens is 1. The highest BCUT2D eigenvalue weighted by Gasteiger charge is 2.47. The van der Waals surface area contributed by atoms with Crippen molar-refractivity contribution in [2.75, 3.05) is 19.6 Å². The Morgan fingerprint density at radius 1 is 1.17 bits per heavy atom. The molecule has 1 aromatic carbocycles. The molecule has 8 heteroatoms. The fourth-order valence-electron chi connectivity index (χ4n) is 4.99. The van der Waals surface area contributed by atoms with Crippen LogP contribution in [0.3, 0.4) is 0 Å². The van der Waals surface area contributed by atoms with Crippen LogP contribution in [0.15, 0.2) is 46.0 Å². The van der Waals surface area contributed by atoms with E-state index in [-0.39, 0.29) is 23.0 Å². The smallest absolute Gasteiger partial charge is 0.329 e. The van der Waals surface area contributed by atoms with E-state index in [9.17, 15) is 14.4 Å². The normalized spacial score (nSPS) is 23.1. The van der Waals surface area contributed by atoms with E-state index in [0.29, 0.717) is 29.6 Å². The molecule has 4 heterocycles. The number of rotatable bonds is 2. The van der Waals surface area contributed by atoms with Crippen molar-refractivity contribution in [3.8, 4) is 0 Å². The molecule has 0 unspecified atom stereocenters. The van der Waals surface area contributed by atoms with E-state index in [2.05, 4.69) is 27.4 Å². The molecule has 5 rings (SSSR count). The molecule has 0 saturated carbocycles. The van der Waals surface area contributed by atoms with Crippen LogP contribution in [-0.2, 0) is 7.05 Å². The fraction of sp³-hybridized carbons (Fsp3) is 0.364. The van der Waals surface area contributed by atoms with Gasteiger partial charge in [-0.3, -0.25) is 19.1 Å². The average molecular weight is 405 g/mol. The summed E-state index contributed by atoms with van der Waals surface area (Å²) in [5.74, 6) is 0.502. The number of nitrogens with zero attached hydrogens (tertiary/aromatic N) is 3. The molecule has 0 spiro atoms. The van der Waals surface area contributed by atoms with Gasteiger partial charge in [0.15, 0.2) is 0 Å². The van der Waals surface area contributed by atoms with Crippen LogP contribution < -0.4 is 16.6 Å². The third kappa shape index (κ3) is 2.79. The lowest BCUT2D eigenvalue weighted by Crippen LogP contribution is -2.36. The molecule has 8 nitrogen and oxygen atoms in total. The number of aromatic amines is 1. The zero-order valence-electron chi connectivity index (χ0n) is 16.9. The van der Waals surface area contributed by atoms with Gasteiger partial charge >= 0.3 is 5.69 Å². The van der Waals surface area contributed by atoms with E-state index < -0.39 is 11.2 Å². The van der Waals surface area contributed by atoms with Gasteiger partial charge in [-0.1, -0.05) is 30.3 Å². The van der Waals surface area contributed by atoms with E-state index in [1.165, 1.54) is 4.57 Å². The molecule has 0 radical (unpaired) electrons. The number of nitrogens with one attached hydrogen (secondary N) is 2. The van der Waals surface area contributed by atoms with Gasteiger partial charge in [0.1, 0.15) is 5.65 Å². The van der Waals surface area contributed by atoms with Gasteiger partial charge in [0.25, 0.3) is 11.5 Å². The number of benzene rings is 1. The van der Waals surface area contributed by atoms with Crippen LogP contribution >= 0.6 is 0 Å². The predicted octanol–water partition coefficient (Wildman–Crippen LogP) is 0.963. The summed E-state index contributed by atoms with van der Waals surface area (Å²) in [6, 6.07) is 11.6. The van der Waals surface area contributed by atoms with Gasteiger partial charge in [0.2, 0.25) is 0 Å². The minimum atomic E-state index is -0.582. The first-order chi connectivity index (χ1) is 14.5. The van der Waals surface area contributed by atoms with Gasteiger partial charge in [0, 0.05) is 38.3 Å². The monoisotopic (exact) mass is 405 g/mol. The second-order valence-corrected chi connectivity index (χ2v) is 8.22. The second-order valence-electron chi connectivity index (χ2n) is 8.22. The quantitative estimate of drug-likeness (QED) is 0.662. The lowest BCUT2D eigenvalue weighted by Gasteiger charge is -2.29. The molecule has 3 atom stereocenters. The SMILES string of the molecule is Cc1cc(C(=O)N2C[C@@H]3CNC[C@@H]3[C@H]2c2ccccc2)c2c(=O)[nH]c(=O)n(C)c2n1. The van der Waals surface area contributed by atoms with Gasteiger partial charge < -0.3 is 10.2 Å². The van der Waals surface area contributed by atoms with E-state index >= 15 is 0 Å². The van der Waals surface area contributed by atoms with Crippen LogP contribution in [0.5, 0.6) is 0 Å². The maximum atomic E-state index is 13.8. The molecule has 2 N–H and O–H groups in total. The minimum absolute atomic E-state index is 0.0613. The first-order valence-electron chi connectivity index (χ1n) is 10.1. The molecule has 2 saturated heterocycles. The molecule has 30 heavy (non-hydrogen) atoms. The molecule has 2 aromatic heterocycles. The lowest BCUT2D eigenvalue weighted by molar-refractivity contribution is 0.0715. The molecule has 2 aliphatic heterocycles. The largest absolute Gasteiger partial charge is 0.331 e. The molecule has 2 fully saturated rings. The Kier molecular flexibility index (Phi) is 4.32. The maximum Gasteiger partial charge on any atom is 0.329 e. The summed E-state index contributed by atoms with van der Waals surface area (Å²) in [6.45, 7) is 4.13. The molecular weight excluding hydrogens is 382 g/mol. The standard InChI is InChI=1S/C22H23N5O3/c1-12-8-15(17-19(24-12)26(2)22(30)25-20(17)28)21(29)27-11-14-9-23-10-16(14)18(27)13-6-4-3-5-7-13/h3-8,14,16,18,23H,9-11H2,1-2H3,(H,25,28,30)/t14-,16-,18+/m0/s1. The van der Waals surface area contributed by atoms with Crippen molar-refractivity contribution in [1.82, 2.24) is 24.8 Å². The predicted molar refractivity (Wildman–Crippen MR) is 112 cm³/mol.